The zero-order chi connectivity index (χ0) is 17.2. The van der Waals surface area contributed by atoms with Crippen molar-refractivity contribution in [3.05, 3.63) is 81.0 Å². The van der Waals surface area contributed by atoms with Crippen molar-refractivity contribution < 1.29 is 4.79 Å². The zero-order valence-corrected chi connectivity index (χ0v) is 16.1. The van der Waals surface area contributed by atoms with Crippen molar-refractivity contribution in [1.29, 1.82) is 0 Å². The largest absolute Gasteiger partial charge is 0.347 e. The Kier molecular flexibility index (Phi) is 4.54. The van der Waals surface area contributed by atoms with E-state index in [4.69, 9.17) is 0 Å². The molecule has 0 bridgehead atoms. The Morgan fingerprint density at radius 2 is 1.88 bits per heavy atom. The van der Waals surface area contributed by atoms with E-state index in [2.05, 4.69) is 32.9 Å². The minimum Gasteiger partial charge on any atom is -0.347 e. The van der Waals surface area contributed by atoms with Gasteiger partial charge in [0.2, 0.25) is 0 Å². The van der Waals surface area contributed by atoms with E-state index in [0.717, 1.165) is 21.8 Å². The lowest BCUT2D eigenvalue weighted by Gasteiger charge is -2.05. The fourth-order valence-electron chi connectivity index (χ4n) is 2.57. The molecule has 6 heteroatoms. The first-order valence-corrected chi connectivity index (χ1v) is 9.71. The number of imidazole rings is 1. The number of benzene rings is 2. The van der Waals surface area contributed by atoms with E-state index in [-0.39, 0.29) is 5.91 Å². The summed E-state index contributed by atoms with van der Waals surface area (Å²) in [6.07, 6.45) is 1.92. The van der Waals surface area contributed by atoms with Crippen LogP contribution in [0.2, 0.25) is 0 Å². The third-order valence-corrected chi connectivity index (χ3v) is 5.44. The van der Waals surface area contributed by atoms with Gasteiger partial charge in [0.1, 0.15) is 5.69 Å². The van der Waals surface area contributed by atoms with Crippen LogP contribution in [-0.4, -0.2) is 15.3 Å². The summed E-state index contributed by atoms with van der Waals surface area (Å²) in [6, 6.07) is 18.1. The third-order valence-electron chi connectivity index (χ3n) is 3.88. The van der Waals surface area contributed by atoms with Crippen molar-refractivity contribution in [3.63, 3.8) is 0 Å². The maximum atomic E-state index is 12.6. The molecule has 124 valence electrons. The highest BCUT2D eigenvalue weighted by atomic mass is 127. The van der Waals surface area contributed by atoms with Gasteiger partial charge in [-0.1, -0.05) is 42.5 Å². The molecule has 25 heavy (non-hydrogen) atoms. The number of halogens is 1. The lowest BCUT2D eigenvalue weighted by atomic mass is 10.2. The molecule has 0 aliphatic rings. The topological polar surface area (TPSA) is 46.4 Å². The molecule has 4 aromatic rings. The summed E-state index contributed by atoms with van der Waals surface area (Å²) >= 11 is 3.74. The highest BCUT2D eigenvalue weighted by Gasteiger charge is 2.15. The summed E-state index contributed by atoms with van der Waals surface area (Å²) < 4.78 is 3.04. The average molecular weight is 459 g/mol. The van der Waals surface area contributed by atoms with E-state index in [1.54, 1.807) is 0 Å². The molecular formula is C19H14IN3OS. The van der Waals surface area contributed by atoms with Crippen molar-refractivity contribution in [3.8, 4) is 11.3 Å². The fraction of sp³-hybridized carbons (Fsp3) is 0.0526. The first-order valence-electron chi connectivity index (χ1n) is 7.75. The Morgan fingerprint density at radius 3 is 2.64 bits per heavy atom. The first-order chi connectivity index (χ1) is 12.2. The highest BCUT2D eigenvalue weighted by molar-refractivity contribution is 14.1. The average Bonchev–Trinajstić information content (AvgIpc) is 3.22. The maximum absolute atomic E-state index is 12.6. The van der Waals surface area contributed by atoms with Crippen molar-refractivity contribution in [1.82, 2.24) is 14.7 Å². The molecule has 4 nitrogen and oxygen atoms in total. The predicted molar refractivity (Wildman–Crippen MR) is 109 cm³/mol. The van der Waals surface area contributed by atoms with Gasteiger partial charge >= 0.3 is 0 Å². The van der Waals surface area contributed by atoms with Gasteiger partial charge in [-0.05, 0) is 40.3 Å². The van der Waals surface area contributed by atoms with Crippen LogP contribution < -0.4 is 5.32 Å². The number of aromatic nitrogens is 2. The minimum absolute atomic E-state index is 0.0955. The lowest BCUT2D eigenvalue weighted by Crippen LogP contribution is -2.23. The molecule has 0 radical (unpaired) electrons. The lowest BCUT2D eigenvalue weighted by molar-refractivity contribution is 0.0945. The van der Waals surface area contributed by atoms with Crippen molar-refractivity contribution in [2.75, 3.05) is 0 Å². The van der Waals surface area contributed by atoms with E-state index in [0.29, 0.717) is 12.2 Å². The molecule has 0 saturated heterocycles. The summed E-state index contributed by atoms with van der Waals surface area (Å²) in [4.78, 5) is 18.0. The third kappa shape index (κ3) is 3.45. The molecule has 0 fully saturated rings. The maximum Gasteiger partial charge on any atom is 0.269 e. The van der Waals surface area contributed by atoms with Gasteiger partial charge in [-0.15, -0.1) is 11.3 Å². The van der Waals surface area contributed by atoms with Crippen LogP contribution in [-0.2, 0) is 6.54 Å². The second kappa shape index (κ2) is 6.97. The van der Waals surface area contributed by atoms with Gasteiger partial charge < -0.3 is 5.32 Å². The molecule has 0 aliphatic heterocycles. The van der Waals surface area contributed by atoms with E-state index in [1.807, 2.05) is 70.6 Å². The van der Waals surface area contributed by atoms with E-state index in [9.17, 15) is 4.79 Å². The van der Waals surface area contributed by atoms with Crippen LogP contribution in [0.1, 0.15) is 16.1 Å². The van der Waals surface area contributed by atoms with Crippen LogP contribution in [0.5, 0.6) is 0 Å². The number of carbonyl (C=O) groups is 1. The summed E-state index contributed by atoms with van der Waals surface area (Å²) in [5, 5.41) is 4.83. The Morgan fingerprint density at radius 1 is 1.12 bits per heavy atom. The summed E-state index contributed by atoms with van der Waals surface area (Å²) in [5.41, 5.74) is 3.61. The van der Waals surface area contributed by atoms with E-state index in [1.165, 1.54) is 14.9 Å². The van der Waals surface area contributed by atoms with Crippen LogP contribution in [0.15, 0.2) is 66.2 Å². The van der Waals surface area contributed by atoms with E-state index < -0.39 is 0 Å². The monoisotopic (exact) mass is 459 g/mol. The van der Waals surface area contributed by atoms with Gasteiger partial charge in [-0.25, -0.2) is 4.98 Å². The van der Waals surface area contributed by atoms with Gasteiger partial charge in [0.15, 0.2) is 4.96 Å². The molecule has 2 aromatic heterocycles. The molecule has 1 N–H and O–H groups in total. The van der Waals surface area contributed by atoms with Crippen molar-refractivity contribution >= 4 is 44.8 Å². The number of carbonyl (C=O) groups excluding carboxylic acids is 1. The standard InChI is InChI=1S/C19H14IN3OS/c20-15-8-6-13(7-9-15)10-21-18(24)17-12-25-19-22-16(11-23(17)19)14-4-2-1-3-5-14/h1-9,11-12H,10H2,(H,21,24). The van der Waals surface area contributed by atoms with Gasteiger partial charge in [-0.3, -0.25) is 9.20 Å². The Labute approximate surface area is 162 Å². The molecule has 1 amide bonds. The molecule has 0 spiro atoms. The molecule has 0 aliphatic carbocycles. The summed E-state index contributed by atoms with van der Waals surface area (Å²) in [5.74, 6) is -0.0955. The minimum atomic E-state index is -0.0955. The van der Waals surface area contributed by atoms with Gasteiger partial charge in [0.05, 0.1) is 5.69 Å². The molecule has 0 atom stereocenters. The number of thiazole rings is 1. The van der Waals surface area contributed by atoms with Crippen LogP contribution >= 0.6 is 33.9 Å². The number of nitrogens with zero attached hydrogens (tertiary/aromatic N) is 2. The van der Waals surface area contributed by atoms with E-state index >= 15 is 0 Å². The van der Waals surface area contributed by atoms with Crippen molar-refractivity contribution in [2.24, 2.45) is 0 Å². The number of fused-ring (bicyclic) bond motifs is 1. The molecule has 0 unspecified atom stereocenters. The smallest absolute Gasteiger partial charge is 0.269 e. The SMILES string of the molecule is O=C(NCc1ccc(I)cc1)c1csc2nc(-c3ccccc3)cn12. The normalized spacial score (nSPS) is 10.9. The second-order valence-corrected chi connectivity index (χ2v) is 7.66. The van der Waals surface area contributed by atoms with Gasteiger partial charge in [0, 0.05) is 27.3 Å². The van der Waals surface area contributed by atoms with Crippen LogP contribution in [0.3, 0.4) is 0 Å². The second-order valence-electron chi connectivity index (χ2n) is 5.57. The molecule has 4 rings (SSSR count). The fourth-order valence-corrected chi connectivity index (χ4v) is 3.78. The highest BCUT2D eigenvalue weighted by Crippen LogP contribution is 2.23. The summed E-state index contributed by atoms with van der Waals surface area (Å²) in [7, 11) is 0. The van der Waals surface area contributed by atoms with Crippen LogP contribution in [0, 0.1) is 3.57 Å². The van der Waals surface area contributed by atoms with Gasteiger partial charge in [-0.2, -0.15) is 0 Å². The molecule has 2 heterocycles. The quantitative estimate of drug-likeness (QED) is 0.454. The number of rotatable bonds is 4. The molecular weight excluding hydrogens is 445 g/mol. The Balaban J connectivity index is 1.55. The number of hydrogen-bond acceptors (Lipinski definition) is 3. The predicted octanol–water partition coefficient (Wildman–Crippen LogP) is 4.60. The van der Waals surface area contributed by atoms with Crippen LogP contribution in [0.4, 0.5) is 0 Å². The van der Waals surface area contributed by atoms with Gasteiger partial charge in [0.25, 0.3) is 5.91 Å². The first kappa shape index (κ1) is 16.3. The van der Waals surface area contributed by atoms with Crippen molar-refractivity contribution in [2.45, 2.75) is 6.54 Å². The number of amides is 1. The zero-order valence-electron chi connectivity index (χ0n) is 13.1. The molecule has 0 saturated carbocycles. The molecule has 2 aromatic carbocycles. The Hall–Kier alpha value is -2.19. The number of nitrogens with one attached hydrogen (secondary N) is 1. The van der Waals surface area contributed by atoms with Crippen LogP contribution in [0.25, 0.3) is 16.2 Å². The summed E-state index contributed by atoms with van der Waals surface area (Å²) in [6.45, 7) is 0.507. The Bertz CT molecular complexity index is 1020. The number of hydrogen-bond donors (Lipinski definition) is 1.